The average molecular weight is 188 g/mol. The maximum atomic E-state index is 11.0. The van der Waals surface area contributed by atoms with E-state index < -0.39 is 12.0 Å². The fourth-order valence-electron chi connectivity index (χ4n) is 0.822. The second-order valence-electron chi connectivity index (χ2n) is 2.65. The first-order valence-corrected chi connectivity index (χ1v) is 4.34. The van der Waals surface area contributed by atoms with Crippen LogP contribution in [0.25, 0.3) is 0 Å². The highest BCUT2D eigenvalue weighted by Crippen LogP contribution is 1.89. The lowest BCUT2D eigenvalue weighted by Gasteiger charge is -2.11. The number of carbonyl (C=O) groups is 2. The van der Waals surface area contributed by atoms with E-state index in [2.05, 4.69) is 10.6 Å². The largest absolute Gasteiger partial charge is 0.480 e. The van der Waals surface area contributed by atoms with Gasteiger partial charge in [-0.05, 0) is 13.0 Å². The van der Waals surface area contributed by atoms with Crippen LogP contribution >= 0.6 is 0 Å². The number of likely N-dealkylation sites (N-methyl/N-ethyl adjacent to an activating group) is 1. The van der Waals surface area contributed by atoms with Crippen LogP contribution in [0.3, 0.4) is 0 Å². The maximum Gasteiger partial charge on any atom is 0.326 e. The van der Waals surface area contributed by atoms with Gasteiger partial charge in [-0.25, -0.2) is 4.79 Å². The molecule has 0 aliphatic rings. The van der Waals surface area contributed by atoms with Gasteiger partial charge in [0.15, 0.2) is 0 Å². The minimum Gasteiger partial charge on any atom is -0.480 e. The van der Waals surface area contributed by atoms with E-state index in [4.69, 9.17) is 5.11 Å². The van der Waals surface area contributed by atoms with Gasteiger partial charge in [0.05, 0.1) is 6.54 Å². The summed E-state index contributed by atoms with van der Waals surface area (Å²) in [6.45, 7) is 4.45. The Morgan fingerprint density at radius 3 is 2.38 bits per heavy atom. The Balaban J connectivity index is 3.80. The van der Waals surface area contributed by atoms with E-state index in [1.54, 1.807) is 6.92 Å². The number of carbonyl (C=O) groups excluding carboxylic acids is 1. The molecule has 0 fully saturated rings. The summed E-state index contributed by atoms with van der Waals surface area (Å²) in [7, 11) is 0. The molecule has 0 spiro atoms. The van der Waals surface area contributed by atoms with Gasteiger partial charge in [-0.3, -0.25) is 4.79 Å². The highest BCUT2D eigenvalue weighted by molar-refractivity contribution is 5.84. The summed E-state index contributed by atoms with van der Waals surface area (Å²) >= 11 is 0. The van der Waals surface area contributed by atoms with Gasteiger partial charge in [-0.15, -0.1) is 0 Å². The lowest BCUT2D eigenvalue weighted by atomic mass is 10.2. The van der Waals surface area contributed by atoms with Crippen molar-refractivity contribution in [1.82, 2.24) is 10.6 Å². The number of amides is 1. The van der Waals surface area contributed by atoms with E-state index in [-0.39, 0.29) is 12.5 Å². The molecule has 0 radical (unpaired) electrons. The van der Waals surface area contributed by atoms with Crippen LogP contribution in [-0.4, -0.2) is 36.1 Å². The van der Waals surface area contributed by atoms with Gasteiger partial charge in [0.25, 0.3) is 0 Å². The molecule has 0 saturated heterocycles. The van der Waals surface area contributed by atoms with E-state index in [0.717, 1.165) is 0 Å². The fourth-order valence-corrected chi connectivity index (χ4v) is 0.822. The van der Waals surface area contributed by atoms with Crippen molar-refractivity contribution >= 4 is 11.9 Å². The van der Waals surface area contributed by atoms with Gasteiger partial charge in [-0.1, -0.05) is 13.8 Å². The molecule has 0 aromatic rings. The van der Waals surface area contributed by atoms with Crippen molar-refractivity contribution in [2.45, 2.75) is 26.3 Å². The minimum atomic E-state index is -0.993. The third-order valence-electron chi connectivity index (χ3n) is 1.58. The fraction of sp³-hybridized carbons (Fsp3) is 0.750. The van der Waals surface area contributed by atoms with Gasteiger partial charge in [-0.2, -0.15) is 0 Å². The molecule has 0 saturated carbocycles. The van der Waals surface area contributed by atoms with Crippen molar-refractivity contribution in [2.24, 2.45) is 0 Å². The molecule has 0 aromatic heterocycles. The van der Waals surface area contributed by atoms with Crippen LogP contribution in [0.15, 0.2) is 0 Å². The standard InChI is InChI=1S/C8H16N2O3/c1-3-6(8(12)13)10-7(11)5-9-4-2/h6,9H,3-5H2,1-2H3,(H,10,11)(H,12,13)/t6-/m0/s1. The van der Waals surface area contributed by atoms with E-state index in [9.17, 15) is 9.59 Å². The molecule has 0 aliphatic carbocycles. The Morgan fingerprint density at radius 1 is 1.38 bits per heavy atom. The smallest absolute Gasteiger partial charge is 0.326 e. The number of carboxylic acid groups (broad SMARTS) is 1. The van der Waals surface area contributed by atoms with E-state index in [0.29, 0.717) is 13.0 Å². The third kappa shape index (κ3) is 5.19. The van der Waals surface area contributed by atoms with Crippen LogP contribution in [0.5, 0.6) is 0 Å². The predicted molar refractivity (Wildman–Crippen MR) is 48.4 cm³/mol. The number of carboxylic acids is 1. The number of hydrogen-bond acceptors (Lipinski definition) is 3. The molecule has 0 aliphatic heterocycles. The first kappa shape index (κ1) is 11.9. The van der Waals surface area contributed by atoms with Crippen LogP contribution in [-0.2, 0) is 9.59 Å². The van der Waals surface area contributed by atoms with Crippen LogP contribution in [0, 0.1) is 0 Å². The molecule has 76 valence electrons. The summed E-state index contributed by atoms with van der Waals surface area (Å²) in [4.78, 5) is 21.5. The van der Waals surface area contributed by atoms with Gasteiger partial charge in [0.2, 0.25) is 5.91 Å². The van der Waals surface area contributed by atoms with Crippen LogP contribution in [0.1, 0.15) is 20.3 Å². The number of nitrogens with one attached hydrogen (secondary N) is 2. The Bertz CT molecular complexity index is 182. The average Bonchev–Trinajstić information content (AvgIpc) is 2.10. The van der Waals surface area contributed by atoms with Crippen molar-refractivity contribution in [2.75, 3.05) is 13.1 Å². The quantitative estimate of drug-likeness (QED) is 0.529. The van der Waals surface area contributed by atoms with E-state index in [1.807, 2.05) is 6.92 Å². The lowest BCUT2D eigenvalue weighted by molar-refractivity contribution is -0.141. The first-order chi connectivity index (χ1) is 6.11. The van der Waals surface area contributed by atoms with E-state index >= 15 is 0 Å². The molecule has 0 heterocycles. The molecule has 0 rings (SSSR count). The topological polar surface area (TPSA) is 78.4 Å². The van der Waals surface area contributed by atoms with Crippen molar-refractivity contribution in [3.8, 4) is 0 Å². The zero-order valence-corrected chi connectivity index (χ0v) is 7.96. The van der Waals surface area contributed by atoms with Gasteiger partial charge < -0.3 is 15.7 Å². The molecular formula is C8H16N2O3. The molecule has 0 bridgehead atoms. The Hall–Kier alpha value is -1.10. The number of rotatable bonds is 6. The molecule has 0 unspecified atom stereocenters. The van der Waals surface area contributed by atoms with Crippen molar-refractivity contribution in [1.29, 1.82) is 0 Å². The first-order valence-electron chi connectivity index (χ1n) is 4.34. The van der Waals surface area contributed by atoms with Gasteiger partial charge in [0, 0.05) is 0 Å². The summed E-state index contributed by atoms with van der Waals surface area (Å²) < 4.78 is 0. The molecule has 1 amide bonds. The predicted octanol–water partition coefficient (Wildman–Crippen LogP) is -0.425. The van der Waals surface area contributed by atoms with Crippen LogP contribution < -0.4 is 10.6 Å². The van der Waals surface area contributed by atoms with Crippen molar-refractivity contribution < 1.29 is 14.7 Å². The summed E-state index contributed by atoms with van der Waals surface area (Å²) in [6, 6.07) is -0.772. The Kier molecular flexibility index (Phi) is 5.88. The van der Waals surface area contributed by atoms with Crippen LogP contribution in [0.4, 0.5) is 0 Å². The molecule has 5 heteroatoms. The summed E-state index contributed by atoms with van der Waals surface area (Å²) in [6.07, 6.45) is 0.396. The second kappa shape index (κ2) is 6.42. The molecule has 1 atom stereocenters. The third-order valence-corrected chi connectivity index (χ3v) is 1.58. The molecule has 0 aromatic carbocycles. The molecule has 3 N–H and O–H groups in total. The van der Waals surface area contributed by atoms with Crippen molar-refractivity contribution in [3.05, 3.63) is 0 Å². The van der Waals surface area contributed by atoms with Gasteiger partial charge in [0.1, 0.15) is 6.04 Å². The molecule has 13 heavy (non-hydrogen) atoms. The summed E-state index contributed by atoms with van der Waals surface area (Å²) in [5, 5.41) is 13.8. The SMILES string of the molecule is CCNCC(=O)N[C@@H](CC)C(=O)O. The zero-order chi connectivity index (χ0) is 10.3. The molecular weight excluding hydrogens is 172 g/mol. The summed E-state index contributed by atoms with van der Waals surface area (Å²) in [5.74, 6) is -1.27. The maximum absolute atomic E-state index is 11.0. The normalized spacial score (nSPS) is 12.2. The second-order valence-corrected chi connectivity index (χ2v) is 2.65. The number of aliphatic carboxylic acids is 1. The molecule has 5 nitrogen and oxygen atoms in total. The van der Waals surface area contributed by atoms with Crippen molar-refractivity contribution in [3.63, 3.8) is 0 Å². The Morgan fingerprint density at radius 2 is 2.00 bits per heavy atom. The zero-order valence-electron chi connectivity index (χ0n) is 7.96. The number of hydrogen-bond donors (Lipinski definition) is 3. The van der Waals surface area contributed by atoms with E-state index in [1.165, 1.54) is 0 Å². The summed E-state index contributed by atoms with van der Waals surface area (Å²) in [5.41, 5.74) is 0. The van der Waals surface area contributed by atoms with Gasteiger partial charge >= 0.3 is 5.97 Å². The minimum absolute atomic E-state index is 0.167. The van der Waals surface area contributed by atoms with Crippen LogP contribution in [0.2, 0.25) is 0 Å². The Labute approximate surface area is 77.5 Å². The highest BCUT2D eigenvalue weighted by atomic mass is 16.4. The highest BCUT2D eigenvalue weighted by Gasteiger charge is 2.16. The lowest BCUT2D eigenvalue weighted by Crippen LogP contribution is -2.44. The monoisotopic (exact) mass is 188 g/mol.